The molecule has 2 aromatic carbocycles. The molecule has 0 spiro atoms. The van der Waals surface area contributed by atoms with Crippen molar-refractivity contribution in [2.24, 2.45) is 0 Å². The van der Waals surface area contributed by atoms with Crippen LogP contribution in [0.25, 0.3) is 0 Å². The highest BCUT2D eigenvalue weighted by atomic mass is 16.5. The quantitative estimate of drug-likeness (QED) is 0.704. The molecule has 0 saturated carbocycles. The molecule has 0 bridgehead atoms. The lowest BCUT2D eigenvalue weighted by Crippen LogP contribution is -2.36. The molecule has 1 aliphatic rings. The minimum absolute atomic E-state index is 0.0400. The Bertz CT molecular complexity index is 877. The van der Waals surface area contributed by atoms with Crippen molar-refractivity contribution in [2.75, 3.05) is 25.0 Å². The summed E-state index contributed by atoms with van der Waals surface area (Å²) in [7, 11) is 0. The summed E-state index contributed by atoms with van der Waals surface area (Å²) >= 11 is 0. The van der Waals surface area contributed by atoms with Crippen molar-refractivity contribution in [1.82, 2.24) is 4.90 Å². The monoisotopic (exact) mass is 410 g/mol. The fourth-order valence-electron chi connectivity index (χ4n) is 3.10. The van der Waals surface area contributed by atoms with Crippen LogP contribution >= 0.6 is 0 Å². The summed E-state index contributed by atoms with van der Waals surface area (Å²) in [5.74, 6) is 0.305. The lowest BCUT2D eigenvalue weighted by atomic mass is 10.2. The first-order chi connectivity index (χ1) is 14.5. The number of carbonyl (C=O) groups is 3. The van der Waals surface area contributed by atoms with Crippen LogP contribution in [0.15, 0.2) is 48.5 Å². The summed E-state index contributed by atoms with van der Waals surface area (Å²) in [6.07, 6.45) is 3.16. The molecule has 7 heteroatoms. The fourth-order valence-corrected chi connectivity index (χ4v) is 3.10. The van der Waals surface area contributed by atoms with Crippen molar-refractivity contribution in [3.8, 4) is 11.5 Å². The van der Waals surface area contributed by atoms with Crippen LogP contribution in [-0.2, 0) is 19.1 Å². The minimum Gasteiger partial charge on any atom is -0.457 e. The molecular formula is C23H26N2O5. The van der Waals surface area contributed by atoms with E-state index in [1.807, 2.05) is 31.2 Å². The molecule has 0 atom stereocenters. The van der Waals surface area contributed by atoms with E-state index in [0.717, 1.165) is 30.6 Å². The lowest BCUT2D eigenvalue weighted by molar-refractivity contribution is -0.151. The third kappa shape index (κ3) is 6.62. The topological polar surface area (TPSA) is 84.9 Å². The molecule has 158 valence electrons. The normalized spacial score (nSPS) is 14.0. The third-order valence-corrected chi connectivity index (χ3v) is 4.75. The van der Waals surface area contributed by atoms with Gasteiger partial charge in [-0.05, 0) is 56.2 Å². The zero-order valence-corrected chi connectivity index (χ0v) is 17.1. The van der Waals surface area contributed by atoms with Crippen molar-refractivity contribution in [3.05, 3.63) is 54.1 Å². The number of hydrogen-bond acceptors (Lipinski definition) is 5. The first-order valence-corrected chi connectivity index (χ1v) is 10.1. The molecule has 2 amide bonds. The van der Waals surface area contributed by atoms with Crippen molar-refractivity contribution >= 4 is 23.5 Å². The average molecular weight is 410 g/mol. The van der Waals surface area contributed by atoms with Crippen molar-refractivity contribution in [3.63, 3.8) is 0 Å². The smallest absolute Gasteiger partial charge is 0.326 e. The van der Waals surface area contributed by atoms with E-state index in [1.165, 1.54) is 4.90 Å². The Morgan fingerprint density at radius 2 is 1.63 bits per heavy atom. The van der Waals surface area contributed by atoms with Crippen LogP contribution in [0.1, 0.15) is 31.2 Å². The predicted molar refractivity (Wildman–Crippen MR) is 112 cm³/mol. The van der Waals surface area contributed by atoms with Crippen LogP contribution < -0.4 is 10.1 Å². The molecule has 30 heavy (non-hydrogen) atoms. The SMILES string of the molecule is Cc1ccc(Oc2ccc(NC(=O)COC(=O)CN3CCCCCC3=O)cc2)cc1. The van der Waals surface area contributed by atoms with Crippen molar-refractivity contribution in [2.45, 2.75) is 32.6 Å². The standard InChI is InChI=1S/C23H26N2O5/c1-17-6-10-19(11-7-17)30-20-12-8-18(9-13-20)24-21(26)16-29-23(28)15-25-14-4-2-3-5-22(25)27/h6-13H,2-5,14-16H2,1H3,(H,24,26). The largest absolute Gasteiger partial charge is 0.457 e. The van der Waals surface area contributed by atoms with E-state index in [0.29, 0.717) is 24.4 Å². The Hall–Kier alpha value is -3.35. The van der Waals surface area contributed by atoms with Gasteiger partial charge in [-0.3, -0.25) is 14.4 Å². The highest BCUT2D eigenvalue weighted by Crippen LogP contribution is 2.23. The zero-order chi connectivity index (χ0) is 21.3. The number of nitrogens with zero attached hydrogens (tertiary/aromatic N) is 1. The number of esters is 1. The van der Waals surface area contributed by atoms with E-state index in [2.05, 4.69) is 5.32 Å². The van der Waals surface area contributed by atoms with Gasteiger partial charge < -0.3 is 19.7 Å². The summed E-state index contributed by atoms with van der Waals surface area (Å²) in [6.45, 7) is 2.05. The molecule has 0 radical (unpaired) electrons. The second-order valence-corrected chi connectivity index (χ2v) is 7.27. The highest BCUT2D eigenvalue weighted by Gasteiger charge is 2.20. The highest BCUT2D eigenvalue weighted by molar-refractivity contribution is 5.93. The minimum atomic E-state index is -0.581. The second kappa shape index (κ2) is 10.4. The predicted octanol–water partition coefficient (Wildman–Crippen LogP) is 3.67. The molecule has 3 rings (SSSR count). The Balaban J connectivity index is 1.42. The number of likely N-dealkylation sites (tertiary alicyclic amines) is 1. The van der Waals surface area contributed by atoms with Crippen molar-refractivity contribution in [1.29, 1.82) is 0 Å². The fraction of sp³-hybridized carbons (Fsp3) is 0.348. The van der Waals surface area contributed by atoms with E-state index >= 15 is 0 Å². The number of benzene rings is 2. The van der Waals surface area contributed by atoms with Gasteiger partial charge in [0.15, 0.2) is 6.61 Å². The van der Waals surface area contributed by atoms with Crippen LogP contribution in [0.2, 0.25) is 0 Å². The van der Waals surface area contributed by atoms with E-state index in [9.17, 15) is 14.4 Å². The van der Waals surface area contributed by atoms with Gasteiger partial charge >= 0.3 is 5.97 Å². The number of hydrogen-bond donors (Lipinski definition) is 1. The van der Waals surface area contributed by atoms with E-state index < -0.39 is 18.5 Å². The van der Waals surface area contributed by atoms with Crippen molar-refractivity contribution < 1.29 is 23.9 Å². The third-order valence-electron chi connectivity index (χ3n) is 4.75. The Kier molecular flexibility index (Phi) is 7.43. The molecule has 7 nitrogen and oxygen atoms in total. The number of aryl methyl sites for hydroxylation is 1. The molecule has 1 saturated heterocycles. The summed E-state index contributed by atoms with van der Waals surface area (Å²) < 4.78 is 10.8. The molecule has 1 aliphatic heterocycles. The molecular weight excluding hydrogens is 384 g/mol. The molecule has 0 aromatic heterocycles. The van der Waals surface area contributed by atoms with Gasteiger partial charge in [-0.15, -0.1) is 0 Å². The van der Waals surface area contributed by atoms with Crippen LogP contribution in [0.4, 0.5) is 5.69 Å². The van der Waals surface area contributed by atoms with Crippen LogP contribution in [0.3, 0.4) is 0 Å². The maximum atomic E-state index is 12.0. The number of ether oxygens (including phenoxy) is 2. The maximum absolute atomic E-state index is 12.0. The zero-order valence-electron chi connectivity index (χ0n) is 17.1. The van der Waals surface area contributed by atoms with Gasteiger partial charge in [0, 0.05) is 18.7 Å². The Morgan fingerprint density at radius 1 is 0.967 bits per heavy atom. The van der Waals surface area contributed by atoms with Gasteiger partial charge in [0.2, 0.25) is 5.91 Å². The van der Waals surface area contributed by atoms with Crippen LogP contribution in [0.5, 0.6) is 11.5 Å². The molecule has 1 fully saturated rings. The summed E-state index contributed by atoms with van der Waals surface area (Å²) in [5, 5.41) is 2.67. The van der Waals surface area contributed by atoms with Gasteiger partial charge in [0.1, 0.15) is 18.0 Å². The number of anilines is 1. The first kappa shape index (κ1) is 21.4. The Morgan fingerprint density at radius 3 is 2.33 bits per heavy atom. The molecule has 1 heterocycles. The number of rotatable bonds is 7. The molecule has 2 aromatic rings. The molecule has 0 unspecified atom stereocenters. The second-order valence-electron chi connectivity index (χ2n) is 7.27. The van der Waals surface area contributed by atoms with Crippen LogP contribution in [0, 0.1) is 6.92 Å². The van der Waals surface area contributed by atoms with Gasteiger partial charge in [0.05, 0.1) is 0 Å². The van der Waals surface area contributed by atoms with Gasteiger partial charge in [-0.2, -0.15) is 0 Å². The molecule has 0 aliphatic carbocycles. The summed E-state index contributed by atoms with van der Waals surface area (Å²) in [5.41, 5.74) is 1.72. The van der Waals surface area contributed by atoms with E-state index in [1.54, 1.807) is 24.3 Å². The first-order valence-electron chi connectivity index (χ1n) is 10.1. The summed E-state index contributed by atoms with van der Waals surface area (Å²) in [6, 6.07) is 14.6. The van der Waals surface area contributed by atoms with Gasteiger partial charge in [0.25, 0.3) is 5.91 Å². The number of nitrogens with one attached hydrogen (secondary N) is 1. The van der Waals surface area contributed by atoms with Gasteiger partial charge in [-0.1, -0.05) is 24.1 Å². The van der Waals surface area contributed by atoms with E-state index in [4.69, 9.17) is 9.47 Å². The molecule has 1 N–H and O–H groups in total. The van der Waals surface area contributed by atoms with Gasteiger partial charge in [-0.25, -0.2) is 0 Å². The lowest BCUT2D eigenvalue weighted by Gasteiger charge is -2.19. The Labute approximate surface area is 176 Å². The summed E-state index contributed by atoms with van der Waals surface area (Å²) in [4.78, 5) is 37.4. The number of carbonyl (C=O) groups excluding carboxylic acids is 3. The number of amides is 2. The van der Waals surface area contributed by atoms with E-state index in [-0.39, 0.29) is 12.5 Å². The van der Waals surface area contributed by atoms with Crippen LogP contribution in [-0.4, -0.2) is 42.4 Å². The maximum Gasteiger partial charge on any atom is 0.326 e. The average Bonchev–Trinajstić information content (AvgIpc) is 2.94.